The molecule has 0 heterocycles. The predicted octanol–water partition coefficient (Wildman–Crippen LogP) is 5.60. The molecule has 0 saturated heterocycles. The minimum atomic E-state index is -0.519. The van der Waals surface area contributed by atoms with Gasteiger partial charge >= 0.3 is 0 Å². The summed E-state index contributed by atoms with van der Waals surface area (Å²) in [7, 11) is 0. The van der Waals surface area contributed by atoms with Gasteiger partial charge in [-0.3, -0.25) is 9.59 Å². The zero-order valence-electron chi connectivity index (χ0n) is 19.1. The van der Waals surface area contributed by atoms with Gasteiger partial charge < -0.3 is 10.2 Å². The number of hydrogen-bond acceptors (Lipinski definition) is 3. The standard InChI is InChI=1S/C25H33ClN2O2S/c1-6-22(24(30)27-25(3,4)5)28(15-19-13-11-18(2)12-14-19)23(29)17-31-16-20-9-7-8-10-21(20)26/h7-14,22H,6,15-17H2,1-5H3,(H,27,30)/t22-/m1/s1. The summed E-state index contributed by atoms with van der Waals surface area (Å²) in [4.78, 5) is 28.0. The highest BCUT2D eigenvalue weighted by Crippen LogP contribution is 2.22. The van der Waals surface area contributed by atoms with Crippen LogP contribution in [0.3, 0.4) is 0 Å². The molecule has 31 heavy (non-hydrogen) atoms. The number of carbonyl (C=O) groups is 2. The highest BCUT2D eigenvalue weighted by molar-refractivity contribution is 7.99. The smallest absolute Gasteiger partial charge is 0.243 e. The molecule has 2 aromatic rings. The van der Waals surface area contributed by atoms with E-state index >= 15 is 0 Å². The van der Waals surface area contributed by atoms with Crippen molar-refractivity contribution in [1.82, 2.24) is 10.2 Å². The van der Waals surface area contributed by atoms with Gasteiger partial charge in [0.2, 0.25) is 11.8 Å². The SMILES string of the molecule is CC[C@H](C(=O)NC(C)(C)C)N(Cc1ccc(C)cc1)C(=O)CSCc1ccccc1Cl. The van der Waals surface area contributed by atoms with Crippen molar-refractivity contribution in [3.8, 4) is 0 Å². The van der Waals surface area contributed by atoms with E-state index in [0.29, 0.717) is 23.7 Å². The van der Waals surface area contributed by atoms with Crippen molar-refractivity contribution in [2.75, 3.05) is 5.75 Å². The summed E-state index contributed by atoms with van der Waals surface area (Å²) in [5.41, 5.74) is 2.82. The number of hydrogen-bond donors (Lipinski definition) is 1. The lowest BCUT2D eigenvalue weighted by Gasteiger charge is -2.33. The summed E-state index contributed by atoms with van der Waals surface area (Å²) in [6.07, 6.45) is 0.550. The van der Waals surface area contributed by atoms with Crippen LogP contribution in [0.4, 0.5) is 0 Å². The lowest BCUT2D eigenvalue weighted by molar-refractivity contribution is -0.140. The largest absolute Gasteiger partial charge is 0.350 e. The number of aryl methyl sites for hydroxylation is 1. The molecule has 0 bridgehead atoms. The predicted molar refractivity (Wildman–Crippen MR) is 131 cm³/mol. The van der Waals surface area contributed by atoms with Crippen molar-refractivity contribution in [3.05, 3.63) is 70.2 Å². The monoisotopic (exact) mass is 460 g/mol. The van der Waals surface area contributed by atoms with E-state index in [1.54, 1.807) is 4.90 Å². The van der Waals surface area contributed by atoms with Crippen LogP contribution in [0.2, 0.25) is 5.02 Å². The maximum atomic E-state index is 13.3. The maximum absolute atomic E-state index is 13.3. The number of rotatable bonds is 9. The van der Waals surface area contributed by atoms with E-state index in [1.807, 2.05) is 83.1 Å². The molecular weight excluding hydrogens is 428 g/mol. The summed E-state index contributed by atoms with van der Waals surface area (Å²) in [5.74, 6) is 0.769. The Morgan fingerprint density at radius 1 is 1.10 bits per heavy atom. The Balaban J connectivity index is 2.16. The van der Waals surface area contributed by atoms with Crippen molar-refractivity contribution in [3.63, 3.8) is 0 Å². The van der Waals surface area contributed by atoms with Crippen molar-refractivity contribution in [1.29, 1.82) is 0 Å². The second kappa shape index (κ2) is 11.6. The number of nitrogens with one attached hydrogen (secondary N) is 1. The number of halogens is 1. The molecule has 4 nitrogen and oxygen atoms in total. The van der Waals surface area contributed by atoms with Crippen molar-refractivity contribution < 1.29 is 9.59 Å². The quantitative estimate of drug-likeness (QED) is 0.529. The number of nitrogens with zero attached hydrogens (tertiary/aromatic N) is 1. The van der Waals surface area contributed by atoms with Gasteiger partial charge in [0.25, 0.3) is 0 Å². The summed E-state index contributed by atoms with van der Waals surface area (Å²) in [6.45, 7) is 10.2. The third-order valence-electron chi connectivity index (χ3n) is 4.80. The highest BCUT2D eigenvalue weighted by atomic mass is 35.5. The van der Waals surface area contributed by atoms with Crippen LogP contribution in [0.15, 0.2) is 48.5 Å². The Hall–Kier alpha value is -1.98. The molecule has 0 aromatic heterocycles. The molecule has 0 aliphatic carbocycles. The van der Waals surface area contributed by atoms with E-state index in [1.165, 1.54) is 11.8 Å². The van der Waals surface area contributed by atoms with Gasteiger partial charge in [-0.1, -0.05) is 66.6 Å². The fourth-order valence-corrected chi connectivity index (χ4v) is 4.41. The molecule has 0 unspecified atom stereocenters. The number of benzene rings is 2. The van der Waals surface area contributed by atoms with Gasteiger partial charge in [-0.2, -0.15) is 0 Å². The van der Waals surface area contributed by atoms with Crippen LogP contribution in [-0.4, -0.2) is 34.0 Å². The van der Waals surface area contributed by atoms with E-state index < -0.39 is 6.04 Å². The van der Waals surface area contributed by atoms with Gasteiger partial charge in [-0.25, -0.2) is 0 Å². The molecule has 0 aliphatic rings. The molecule has 0 spiro atoms. The Morgan fingerprint density at radius 2 is 1.74 bits per heavy atom. The van der Waals surface area contributed by atoms with Crippen molar-refractivity contribution in [2.24, 2.45) is 0 Å². The minimum Gasteiger partial charge on any atom is -0.350 e. The summed E-state index contributed by atoms with van der Waals surface area (Å²) < 4.78 is 0. The first-order valence-electron chi connectivity index (χ1n) is 10.6. The van der Waals surface area contributed by atoms with Crippen molar-refractivity contribution in [2.45, 2.75) is 64.9 Å². The number of thioether (sulfide) groups is 1. The third-order valence-corrected chi connectivity index (χ3v) is 6.13. The van der Waals surface area contributed by atoms with E-state index in [9.17, 15) is 9.59 Å². The number of carbonyl (C=O) groups excluding carboxylic acids is 2. The molecule has 2 amide bonds. The van der Waals surface area contributed by atoms with Crippen LogP contribution in [0.25, 0.3) is 0 Å². The second-order valence-electron chi connectivity index (χ2n) is 8.75. The molecule has 0 radical (unpaired) electrons. The van der Waals surface area contributed by atoms with Crippen molar-refractivity contribution >= 4 is 35.2 Å². The molecule has 0 aliphatic heterocycles. The summed E-state index contributed by atoms with van der Waals surface area (Å²) in [5, 5.41) is 3.74. The van der Waals surface area contributed by atoms with Gasteiger partial charge in [0.15, 0.2) is 0 Å². The zero-order valence-corrected chi connectivity index (χ0v) is 20.6. The first-order valence-corrected chi connectivity index (χ1v) is 12.1. The Kier molecular flexibility index (Phi) is 9.45. The Morgan fingerprint density at radius 3 is 2.32 bits per heavy atom. The van der Waals surface area contributed by atoms with E-state index in [4.69, 9.17) is 11.6 Å². The summed E-state index contributed by atoms with van der Waals surface area (Å²) >= 11 is 7.75. The molecule has 1 N–H and O–H groups in total. The topological polar surface area (TPSA) is 49.4 Å². The molecule has 1 atom stereocenters. The minimum absolute atomic E-state index is 0.0477. The van der Waals surface area contributed by atoms with Crippen LogP contribution in [0, 0.1) is 6.92 Å². The molecule has 2 rings (SSSR count). The molecule has 168 valence electrons. The lowest BCUT2D eigenvalue weighted by Crippen LogP contribution is -2.53. The van der Waals surface area contributed by atoms with E-state index in [-0.39, 0.29) is 23.1 Å². The van der Waals surface area contributed by atoms with Crippen LogP contribution in [0.5, 0.6) is 0 Å². The fraction of sp³-hybridized carbons (Fsp3) is 0.440. The van der Waals surface area contributed by atoms with Crippen LogP contribution < -0.4 is 5.32 Å². The molecular formula is C25H33ClN2O2S. The first-order chi connectivity index (χ1) is 14.6. The number of amides is 2. The van der Waals surface area contributed by atoms with Crippen LogP contribution in [-0.2, 0) is 21.9 Å². The van der Waals surface area contributed by atoms with Gasteiger partial charge in [0.1, 0.15) is 6.04 Å². The molecule has 0 fully saturated rings. The average Bonchev–Trinajstić information content (AvgIpc) is 2.69. The average molecular weight is 461 g/mol. The van der Waals surface area contributed by atoms with Gasteiger partial charge in [0, 0.05) is 22.9 Å². The van der Waals surface area contributed by atoms with E-state index in [2.05, 4.69) is 5.32 Å². The molecule has 6 heteroatoms. The van der Waals surface area contributed by atoms with Gasteiger partial charge in [-0.15, -0.1) is 11.8 Å². The normalized spacial score (nSPS) is 12.3. The Bertz CT molecular complexity index is 878. The van der Waals surface area contributed by atoms with Crippen LogP contribution in [0.1, 0.15) is 50.8 Å². The maximum Gasteiger partial charge on any atom is 0.243 e. The highest BCUT2D eigenvalue weighted by Gasteiger charge is 2.30. The Labute approximate surface area is 195 Å². The second-order valence-corrected chi connectivity index (χ2v) is 10.1. The lowest BCUT2D eigenvalue weighted by atomic mass is 10.1. The molecule has 2 aromatic carbocycles. The first kappa shape index (κ1) is 25.3. The zero-order chi connectivity index (χ0) is 23.0. The van der Waals surface area contributed by atoms with Gasteiger partial charge in [-0.05, 0) is 51.3 Å². The van der Waals surface area contributed by atoms with E-state index in [0.717, 1.165) is 16.7 Å². The van der Waals surface area contributed by atoms with Gasteiger partial charge in [0.05, 0.1) is 5.75 Å². The summed E-state index contributed by atoms with van der Waals surface area (Å²) in [6, 6.07) is 15.2. The fourth-order valence-electron chi connectivity index (χ4n) is 3.21. The third kappa shape index (κ3) is 8.23. The van der Waals surface area contributed by atoms with Crippen LogP contribution >= 0.6 is 23.4 Å². The molecule has 0 saturated carbocycles.